The SMILES string of the molecule is COc1nc(C(=O)NCCCC(C)=O)c2c(c1OC)C(=O)N(Cc1ccc(F)c(Cl)c1)CC2. The lowest BCUT2D eigenvalue weighted by Crippen LogP contribution is -2.39. The first kappa shape index (κ1) is 24.4. The fourth-order valence-corrected chi connectivity index (χ4v) is 3.91. The highest BCUT2D eigenvalue weighted by atomic mass is 35.5. The molecular weight excluding hydrogens is 453 g/mol. The minimum Gasteiger partial charge on any atom is -0.491 e. The molecule has 176 valence electrons. The van der Waals surface area contributed by atoms with E-state index in [2.05, 4.69) is 10.3 Å². The summed E-state index contributed by atoms with van der Waals surface area (Å²) in [7, 11) is 2.77. The van der Waals surface area contributed by atoms with Gasteiger partial charge in [-0.2, -0.15) is 0 Å². The molecule has 2 heterocycles. The van der Waals surface area contributed by atoms with Gasteiger partial charge in [-0.05, 0) is 37.5 Å². The van der Waals surface area contributed by atoms with E-state index >= 15 is 0 Å². The van der Waals surface area contributed by atoms with Crippen LogP contribution in [0.1, 0.15) is 51.7 Å². The van der Waals surface area contributed by atoms with Crippen LogP contribution in [0.15, 0.2) is 18.2 Å². The summed E-state index contributed by atoms with van der Waals surface area (Å²) in [4.78, 5) is 43.2. The molecule has 8 nitrogen and oxygen atoms in total. The Bertz CT molecular complexity index is 1090. The van der Waals surface area contributed by atoms with E-state index in [1.54, 1.807) is 11.0 Å². The van der Waals surface area contributed by atoms with E-state index in [4.69, 9.17) is 21.1 Å². The van der Waals surface area contributed by atoms with Crippen molar-refractivity contribution in [3.63, 3.8) is 0 Å². The molecule has 0 saturated heterocycles. The van der Waals surface area contributed by atoms with Gasteiger partial charge in [-0.25, -0.2) is 9.37 Å². The summed E-state index contributed by atoms with van der Waals surface area (Å²) < 4.78 is 24.2. The number of fused-ring (bicyclic) bond motifs is 1. The highest BCUT2D eigenvalue weighted by Crippen LogP contribution is 2.37. The summed E-state index contributed by atoms with van der Waals surface area (Å²) in [6.07, 6.45) is 1.22. The zero-order valence-electron chi connectivity index (χ0n) is 18.7. The number of ketones is 1. The number of carbonyl (C=O) groups excluding carboxylic acids is 3. The van der Waals surface area contributed by atoms with Crippen LogP contribution in [-0.2, 0) is 17.8 Å². The summed E-state index contributed by atoms with van der Waals surface area (Å²) in [5.74, 6) is -1.15. The molecule has 1 N–H and O–H groups in total. The molecule has 1 aliphatic heterocycles. The number of benzene rings is 1. The van der Waals surface area contributed by atoms with E-state index in [1.807, 2.05) is 0 Å². The molecule has 0 unspecified atom stereocenters. The van der Waals surface area contributed by atoms with Crippen molar-refractivity contribution < 1.29 is 28.2 Å². The molecule has 0 radical (unpaired) electrons. The van der Waals surface area contributed by atoms with Crippen LogP contribution in [0.3, 0.4) is 0 Å². The maximum absolute atomic E-state index is 13.5. The third-order valence-electron chi connectivity index (χ3n) is 5.32. The minimum absolute atomic E-state index is 0.0187. The number of nitrogens with one attached hydrogen (secondary N) is 1. The van der Waals surface area contributed by atoms with Crippen LogP contribution >= 0.6 is 11.6 Å². The second-order valence-electron chi connectivity index (χ2n) is 7.64. The molecule has 0 bridgehead atoms. The second-order valence-corrected chi connectivity index (χ2v) is 8.05. The Hall–Kier alpha value is -3.20. The zero-order chi connectivity index (χ0) is 24.1. The lowest BCUT2D eigenvalue weighted by Gasteiger charge is -2.31. The van der Waals surface area contributed by atoms with Gasteiger partial charge in [0.2, 0.25) is 0 Å². The van der Waals surface area contributed by atoms with Crippen LogP contribution in [0.25, 0.3) is 0 Å². The van der Waals surface area contributed by atoms with Crippen molar-refractivity contribution in [3.05, 3.63) is 51.4 Å². The van der Waals surface area contributed by atoms with Crippen molar-refractivity contribution in [3.8, 4) is 11.6 Å². The Morgan fingerprint density at radius 1 is 1.27 bits per heavy atom. The molecule has 1 aromatic carbocycles. The van der Waals surface area contributed by atoms with Crippen LogP contribution < -0.4 is 14.8 Å². The number of amides is 2. The lowest BCUT2D eigenvalue weighted by molar-refractivity contribution is -0.117. The molecule has 0 saturated carbocycles. The van der Waals surface area contributed by atoms with E-state index in [9.17, 15) is 18.8 Å². The monoisotopic (exact) mass is 477 g/mol. The number of methoxy groups -OCH3 is 2. The summed E-state index contributed by atoms with van der Waals surface area (Å²) in [6, 6.07) is 4.29. The summed E-state index contributed by atoms with van der Waals surface area (Å²) in [6.45, 7) is 2.32. The predicted molar refractivity (Wildman–Crippen MR) is 119 cm³/mol. The molecule has 1 aromatic heterocycles. The van der Waals surface area contributed by atoms with Gasteiger partial charge in [0.1, 0.15) is 17.3 Å². The number of hydrogen-bond donors (Lipinski definition) is 1. The van der Waals surface area contributed by atoms with E-state index < -0.39 is 11.7 Å². The number of nitrogens with zero attached hydrogens (tertiary/aromatic N) is 2. The van der Waals surface area contributed by atoms with E-state index in [-0.39, 0.29) is 46.1 Å². The smallest absolute Gasteiger partial charge is 0.270 e. The number of halogens is 2. The van der Waals surface area contributed by atoms with E-state index in [1.165, 1.54) is 33.3 Å². The molecule has 0 aliphatic carbocycles. The zero-order valence-corrected chi connectivity index (χ0v) is 19.4. The summed E-state index contributed by atoms with van der Waals surface area (Å²) in [5, 5.41) is 2.72. The quantitative estimate of drug-likeness (QED) is 0.557. The summed E-state index contributed by atoms with van der Waals surface area (Å²) >= 11 is 5.87. The first-order valence-corrected chi connectivity index (χ1v) is 10.8. The van der Waals surface area contributed by atoms with Gasteiger partial charge >= 0.3 is 0 Å². The number of Topliss-reactive ketones (excluding diaryl/α,β-unsaturated/α-hetero) is 1. The molecule has 33 heavy (non-hydrogen) atoms. The van der Waals surface area contributed by atoms with Gasteiger partial charge in [0.15, 0.2) is 5.75 Å². The van der Waals surface area contributed by atoms with Crippen molar-refractivity contribution in [2.45, 2.75) is 32.7 Å². The van der Waals surface area contributed by atoms with Gasteiger partial charge in [-0.3, -0.25) is 9.59 Å². The topological polar surface area (TPSA) is 97.8 Å². The molecule has 2 amide bonds. The van der Waals surface area contributed by atoms with Crippen LogP contribution in [0.2, 0.25) is 5.02 Å². The predicted octanol–water partition coefficient (Wildman–Crippen LogP) is 3.19. The van der Waals surface area contributed by atoms with E-state index in [0.717, 1.165) is 0 Å². The Kier molecular flexibility index (Phi) is 7.86. The maximum atomic E-state index is 13.5. The number of aromatic nitrogens is 1. The summed E-state index contributed by atoms with van der Waals surface area (Å²) in [5.41, 5.74) is 1.43. The highest BCUT2D eigenvalue weighted by Gasteiger charge is 2.35. The van der Waals surface area contributed by atoms with Gasteiger partial charge in [0.25, 0.3) is 17.7 Å². The van der Waals surface area contributed by atoms with Crippen LogP contribution in [0, 0.1) is 5.82 Å². The number of rotatable bonds is 9. The first-order chi connectivity index (χ1) is 15.8. The van der Waals surface area contributed by atoms with Gasteiger partial charge < -0.3 is 24.5 Å². The molecule has 3 rings (SSSR count). The van der Waals surface area contributed by atoms with Crippen molar-refractivity contribution in [1.29, 1.82) is 0 Å². The third-order valence-corrected chi connectivity index (χ3v) is 5.61. The Labute approximate surface area is 196 Å². The number of pyridine rings is 1. The Balaban J connectivity index is 1.92. The second kappa shape index (κ2) is 10.6. The van der Waals surface area contributed by atoms with Gasteiger partial charge in [0.05, 0.1) is 24.8 Å². The van der Waals surface area contributed by atoms with Gasteiger partial charge in [-0.15, -0.1) is 0 Å². The number of hydrogen-bond acceptors (Lipinski definition) is 6. The fourth-order valence-electron chi connectivity index (χ4n) is 3.71. The maximum Gasteiger partial charge on any atom is 0.270 e. The number of carbonyl (C=O) groups is 3. The van der Waals surface area contributed by atoms with Gasteiger partial charge in [0, 0.05) is 31.6 Å². The standard InChI is InChI=1S/C23H25ClFN3O5/c1-13(29)5-4-9-26-21(30)19-15-8-10-28(12-14-6-7-17(25)16(24)11-14)23(31)18(15)20(32-2)22(27-19)33-3/h6-7,11H,4-5,8-10,12H2,1-3H3,(H,26,30). The van der Waals surface area contributed by atoms with Crippen LogP contribution in [0.5, 0.6) is 11.6 Å². The van der Waals surface area contributed by atoms with Crippen LogP contribution in [0.4, 0.5) is 4.39 Å². The average Bonchev–Trinajstić information content (AvgIpc) is 2.79. The average molecular weight is 478 g/mol. The van der Waals surface area contributed by atoms with E-state index in [0.29, 0.717) is 43.5 Å². The van der Waals surface area contributed by atoms with Crippen molar-refractivity contribution in [2.24, 2.45) is 0 Å². The Morgan fingerprint density at radius 3 is 2.67 bits per heavy atom. The van der Waals surface area contributed by atoms with Crippen molar-refractivity contribution in [2.75, 3.05) is 27.3 Å². The molecule has 2 aromatic rings. The first-order valence-electron chi connectivity index (χ1n) is 10.4. The highest BCUT2D eigenvalue weighted by molar-refractivity contribution is 6.30. The fraction of sp³-hybridized carbons (Fsp3) is 0.391. The molecule has 0 fully saturated rings. The lowest BCUT2D eigenvalue weighted by atomic mass is 9.95. The third kappa shape index (κ3) is 5.42. The van der Waals surface area contributed by atoms with Crippen molar-refractivity contribution >= 4 is 29.2 Å². The Morgan fingerprint density at radius 2 is 2.03 bits per heavy atom. The molecule has 0 atom stereocenters. The minimum atomic E-state index is -0.535. The number of ether oxygens (including phenoxy) is 2. The van der Waals surface area contributed by atoms with Gasteiger partial charge in [-0.1, -0.05) is 17.7 Å². The van der Waals surface area contributed by atoms with Crippen molar-refractivity contribution in [1.82, 2.24) is 15.2 Å². The molecule has 0 spiro atoms. The molecule has 10 heteroatoms. The molecular formula is C23H25ClFN3O5. The van der Waals surface area contributed by atoms with Crippen LogP contribution in [-0.4, -0.2) is 54.8 Å². The largest absolute Gasteiger partial charge is 0.491 e. The molecule has 1 aliphatic rings. The normalized spacial score (nSPS) is 12.9.